The minimum absolute atomic E-state index is 0.406. The lowest BCUT2D eigenvalue weighted by Gasteiger charge is -1.99. The summed E-state index contributed by atoms with van der Waals surface area (Å²) >= 11 is 0. The zero-order chi connectivity index (χ0) is 8.36. The number of rotatable bonds is 7. The van der Waals surface area contributed by atoms with Crippen molar-refractivity contribution in [3.63, 3.8) is 0 Å². The van der Waals surface area contributed by atoms with E-state index in [2.05, 4.69) is 10.0 Å². The summed E-state index contributed by atoms with van der Waals surface area (Å²) in [6.07, 6.45) is 0.882. The molecule has 0 N–H and O–H groups in total. The fourth-order valence-electron chi connectivity index (χ4n) is 0.557. The molecule has 0 bridgehead atoms. The molecule has 0 atom stereocenters. The lowest BCUT2D eigenvalue weighted by Crippen LogP contribution is -2.01. The van der Waals surface area contributed by atoms with Crippen LogP contribution in [0.1, 0.15) is 6.42 Å². The van der Waals surface area contributed by atoms with Gasteiger partial charge in [-0.3, -0.25) is 0 Å². The molecule has 0 aliphatic carbocycles. The summed E-state index contributed by atoms with van der Waals surface area (Å²) in [5, 5.41) is 3.31. The summed E-state index contributed by atoms with van der Waals surface area (Å²) < 4.78 is 9.90. The fraction of sp³-hybridized carbons (Fsp3) is 1.00. The molecule has 0 saturated heterocycles. The second-order valence-electron chi connectivity index (χ2n) is 1.91. The predicted octanol–water partition coefficient (Wildman–Crippen LogP) is 1.35. The van der Waals surface area contributed by atoms with Crippen LogP contribution in [0.5, 0.6) is 0 Å². The van der Waals surface area contributed by atoms with Gasteiger partial charge in [-0.2, -0.15) is 0 Å². The molecule has 0 rings (SSSR count). The third kappa shape index (κ3) is 9.23. The van der Waals surface area contributed by atoms with Crippen LogP contribution in [0.2, 0.25) is 0 Å². The molecule has 0 amide bonds. The molecule has 0 heterocycles. The Hall–Kier alpha value is -0.770. The average Bonchev–Trinajstić information content (AvgIpc) is 2.03. The van der Waals surface area contributed by atoms with E-state index in [1.54, 1.807) is 7.11 Å². The molecule has 0 aliphatic heterocycles. The summed E-state index contributed by atoms with van der Waals surface area (Å²) in [5.74, 6) is 0. The van der Waals surface area contributed by atoms with E-state index in [9.17, 15) is 0 Å². The van der Waals surface area contributed by atoms with Crippen molar-refractivity contribution in [2.24, 2.45) is 5.11 Å². The van der Waals surface area contributed by atoms with Crippen LogP contribution in [0.3, 0.4) is 0 Å². The summed E-state index contributed by atoms with van der Waals surface area (Å²) in [6.45, 7) is 2.27. The van der Waals surface area contributed by atoms with E-state index >= 15 is 0 Å². The molecule has 0 unspecified atom stereocenters. The largest absolute Gasteiger partial charge is 0.385 e. The minimum Gasteiger partial charge on any atom is -0.385 e. The SMILES string of the molecule is COCCCOCCN=[N+]=[N-]. The smallest absolute Gasteiger partial charge is 0.0522 e. The van der Waals surface area contributed by atoms with Crippen LogP contribution in [0.15, 0.2) is 5.11 Å². The van der Waals surface area contributed by atoms with Gasteiger partial charge in [-0.1, -0.05) is 5.11 Å². The van der Waals surface area contributed by atoms with Crippen molar-refractivity contribution < 1.29 is 9.47 Å². The van der Waals surface area contributed by atoms with Crippen LogP contribution in [0.4, 0.5) is 0 Å². The zero-order valence-electron chi connectivity index (χ0n) is 6.69. The van der Waals surface area contributed by atoms with E-state index in [4.69, 9.17) is 15.0 Å². The van der Waals surface area contributed by atoms with Crippen LogP contribution in [0.25, 0.3) is 10.4 Å². The highest BCUT2D eigenvalue weighted by atomic mass is 16.5. The van der Waals surface area contributed by atoms with Gasteiger partial charge < -0.3 is 9.47 Å². The first-order valence-corrected chi connectivity index (χ1v) is 3.49. The Kier molecular flexibility index (Phi) is 8.58. The summed E-state index contributed by atoms with van der Waals surface area (Å²) in [6, 6.07) is 0. The van der Waals surface area contributed by atoms with E-state index in [0.717, 1.165) is 6.42 Å². The van der Waals surface area contributed by atoms with Gasteiger partial charge in [-0.05, 0) is 12.0 Å². The molecule has 0 spiro atoms. The Morgan fingerprint density at radius 1 is 1.36 bits per heavy atom. The van der Waals surface area contributed by atoms with Crippen molar-refractivity contribution in [3.8, 4) is 0 Å². The van der Waals surface area contributed by atoms with Crippen molar-refractivity contribution in [1.29, 1.82) is 0 Å². The van der Waals surface area contributed by atoms with Gasteiger partial charge in [0.05, 0.1) is 6.61 Å². The monoisotopic (exact) mass is 159 g/mol. The maximum Gasteiger partial charge on any atom is 0.0522 e. The first kappa shape index (κ1) is 10.2. The second kappa shape index (κ2) is 9.23. The van der Waals surface area contributed by atoms with Gasteiger partial charge in [0.2, 0.25) is 0 Å². The Morgan fingerprint density at radius 2 is 2.18 bits per heavy atom. The van der Waals surface area contributed by atoms with Gasteiger partial charge in [-0.25, -0.2) is 0 Å². The van der Waals surface area contributed by atoms with Crippen molar-refractivity contribution in [2.45, 2.75) is 6.42 Å². The van der Waals surface area contributed by atoms with Crippen molar-refractivity contribution in [1.82, 2.24) is 0 Å². The van der Waals surface area contributed by atoms with Crippen molar-refractivity contribution in [2.75, 3.05) is 33.5 Å². The highest BCUT2D eigenvalue weighted by Gasteiger charge is 1.86. The maximum atomic E-state index is 7.89. The zero-order valence-corrected chi connectivity index (χ0v) is 6.69. The Bertz CT molecular complexity index is 123. The summed E-state index contributed by atoms with van der Waals surface area (Å²) in [7, 11) is 1.65. The first-order chi connectivity index (χ1) is 5.41. The molecule has 0 radical (unpaired) electrons. The lowest BCUT2D eigenvalue weighted by atomic mass is 10.5. The normalized spacial score (nSPS) is 9.18. The maximum absolute atomic E-state index is 7.89. The molecule has 0 aromatic rings. The van der Waals surface area contributed by atoms with Gasteiger partial charge in [0.1, 0.15) is 0 Å². The molecule has 0 aromatic carbocycles. The molecule has 0 aliphatic rings. The number of methoxy groups -OCH3 is 1. The van der Waals surface area contributed by atoms with Crippen LogP contribution < -0.4 is 0 Å². The van der Waals surface area contributed by atoms with Crippen LogP contribution in [-0.4, -0.2) is 33.5 Å². The molecule has 0 fully saturated rings. The van der Waals surface area contributed by atoms with Crippen molar-refractivity contribution >= 4 is 0 Å². The number of ether oxygens (including phenoxy) is 2. The fourth-order valence-corrected chi connectivity index (χ4v) is 0.557. The highest BCUT2D eigenvalue weighted by Crippen LogP contribution is 1.83. The van der Waals surface area contributed by atoms with Gasteiger partial charge in [0, 0.05) is 31.8 Å². The molecule has 5 heteroatoms. The van der Waals surface area contributed by atoms with E-state index in [0.29, 0.717) is 26.4 Å². The third-order valence-corrected chi connectivity index (χ3v) is 1.04. The topological polar surface area (TPSA) is 67.2 Å². The molecule has 0 saturated carbocycles. The average molecular weight is 159 g/mol. The number of hydrogen-bond donors (Lipinski definition) is 0. The lowest BCUT2D eigenvalue weighted by molar-refractivity contribution is 0.108. The van der Waals surface area contributed by atoms with Gasteiger partial charge in [0.25, 0.3) is 0 Å². The quantitative estimate of drug-likeness (QED) is 0.243. The minimum atomic E-state index is 0.406. The highest BCUT2D eigenvalue weighted by molar-refractivity contribution is 4.44. The molecule has 5 nitrogen and oxygen atoms in total. The molecule has 64 valence electrons. The van der Waals surface area contributed by atoms with Gasteiger partial charge in [-0.15, -0.1) is 0 Å². The molecule has 0 aromatic heterocycles. The second-order valence-corrected chi connectivity index (χ2v) is 1.91. The predicted molar refractivity (Wildman–Crippen MR) is 41.3 cm³/mol. The molecular weight excluding hydrogens is 146 g/mol. The van der Waals surface area contributed by atoms with E-state index < -0.39 is 0 Å². The van der Waals surface area contributed by atoms with Crippen LogP contribution in [0, 0.1) is 0 Å². The molecular formula is C6H13N3O2. The Morgan fingerprint density at radius 3 is 2.82 bits per heavy atom. The van der Waals surface area contributed by atoms with Crippen molar-refractivity contribution in [3.05, 3.63) is 10.4 Å². The number of hydrogen-bond acceptors (Lipinski definition) is 3. The van der Waals surface area contributed by atoms with E-state index in [1.165, 1.54) is 0 Å². The first-order valence-electron chi connectivity index (χ1n) is 3.49. The Labute approximate surface area is 65.9 Å². The Balaban J connectivity index is 2.84. The van der Waals surface area contributed by atoms with Crippen LogP contribution in [-0.2, 0) is 9.47 Å². The van der Waals surface area contributed by atoms with E-state index in [-0.39, 0.29) is 0 Å². The summed E-state index contributed by atoms with van der Waals surface area (Å²) in [5.41, 5.74) is 7.89. The number of azide groups is 1. The third-order valence-electron chi connectivity index (χ3n) is 1.04. The van der Waals surface area contributed by atoms with Gasteiger partial charge in [0.15, 0.2) is 0 Å². The van der Waals surface area contributed by atoms with Crippen LogP contribution >= 0.6 is 0 Å². The van der Waals surface area contributed by atoms with Gasteiger partial charge >= 0.3 is 0 Å². The standard InChI is InChI=1S/C6H13N3O2/c1-10-4-2-5-11-6-3-8-9-7/h2-6H2,1H3. The van der Waals surface area contributed by atoms with E-state index in [1.807, 2.05) is 0 Å². The number of nitrogens with zero attached hydrogens (tertiary/aromatic N) is 3. The molecule has 11 heavy (non-hydrogen) atoms. The summed E-state index contributed by atoms with van der Waals surface area (Å²) in [4.78, 5) is 2.59.